The number of hydrogen-bond acceptors (Lipinski definition) is 5. The zero-order valence-corrected chi connectivity index (χ0v) is 12.0. The van der Waals surface area contributed by atoms with Crippen molar-refractivity contribution < 1.29 is 0 Å². The zero-order chi connectivity index (χ0) is 14.2. The van der Waals surface area contributed by atoms with Crippen molar-refractivity contribution in [3.05, 3.63) is 22.9 Å². The van der Waals surface area contributed by atoms with Crippen molar-refractivity contribution in [2.24, 2.45) is 5.92 Å². The summed E-state index contributed by atoms with van der Waals surface area (Å²) < 4.78 is 1.43. The van der Waals surface area contributed by atoms with Crippen LogP contribution in [-0.4, -0.2) is 45.3 Å². The summed E-state index contributed by atoms with van der Waals surface area (Å²) in [5.41, 5.74) is 0.387. The molecular formula is C14H20N6O. The lowest BCUT2D eigenvalue weighted by molar-refractivity contribution is 0.389. The van der Waals surface area contributed by atoms with E-state index in [9.17, 15) is 4.79 Å². The van der Waals surface area contributed by atoms with Crippen LogP contribution < -0.4 is 15.9 Å². The van der Waals surface area contributed by atoms with E-state index in [0.29, 0.717) is 11.6 Å². The van der Waals surface area contributed by atoms with Crippen molar-refractivity contribution in [3.63, 3.8) is 0 Å². The maximum atomic E-state index is 11.5. The van der Waals surface area contributed by atoms with Gasteiger partial charge in [-0.1, -0.05) is 0 Å². The quantitative estimate of drug-likeness (QED) is 0.851. The highest BCUT2D eigenvalue weighted by Crippen LogP contribution is 2.23. The predicted molar refractivity (Wildman–Crippen MR) is 79.6 cm³/mol. The van der Waals surface area contributed by atoms with Gasteiger partial charge in [-0.3, -0.25) is 0 Å². The fourth-order valence-corrected chi connectivity index (χ4v) is 3.03. The molecule has 7 nitrogen and oxygen atoms in total. The van der Waals surface area contributed by atoms with Crippen LogP contribution in [0.15, 0.2) is 17.2 Å². The van der Waals surface area contributed by atoms with E-state index in [1.165, 1.54) is 30.1 Å². The van der Waals surface area contributed by atoms with Gasteiger partial charge in [0.15, 0.2) is 5.65 Å². The van der Waals surface area contributed by atoms with E-state index in [-0.39, 0.29) is 5.69 Å². The van der Waals surface area contributed by atoms with E-state index in [4.69, 9.17) is 0 Å². The van der Waals surface area contributed by atoms with Crippen LogP contribution in [-0.2, 0) is 0 Å². The number of piperidine rings is 1. The molecule has 7 heteroatoms. The second kappa shape index (κ2) is 5.14. The van der Waals surface area contributed by atoms with Gasteiger partial charge in [-0.25, -0.2) is 19.3 Å². The SMILES string of the molecule is O=c1[nH]nc2cc(N3CCCC(CNC4CC4)C3)ncn12. The van der Waals surface area contributed by atoms with Crippen LogP contribution in [0.4, 0.5) is 5.82 Å². The van der Waals surface area contributed by atoms with E-state index in [2.05, 4.69) is 25.4 Å². The highest BCUT2D eigenvalue weighted by molar-refractivity contribution is 5.50. The largest absolute Gasteiger partial charge is 0.356 e. The Hall–Kier alpha value is -1.89. The summed E-state index contributed by atoms with van der Waals surface area (Å²) in [4.78, 5) is 18.2. The number of rotatable bonds is 4. The van der Waals surface area contributed by atoms with Crippen molar-refractivity contribution in [3.8, 4) is 0 Å². The second-order valence-corrected chi connectivity index (χ2v) is 6.14. The first kappa shape index (κ1) is 12.8. The molecule has 2 aromatic heterocycles. The molecule has 0 bridgehead atoms. The number of anilines is 1. The summed E-state index contributed by atoms with van der Waals surface area (Å²) in [6.45, 7) is 3.15. The Morgan fingerprint density at radius 1 is 1.38 bits per heavy atom. The lowest BCUT2D eigenvalue weighted by Crippen LogP contribution is -2.40. The summed E-state index contributed by atoms with van der Waals surface area (Å²) in [6, 6.07) is 2.65. The number of nitrogens with zero attached hydrogens (tertiary/aromatic N) is 4. The van der Waals surface area contributed by atoms with Gasteiger partial charge >= 0.3 is 5.69 Å². The number of nitrogens with one attached hydrogen (secondary N) is 2. The van der Waals surface area contributed by atoms with E-state index in [1.807, 2.05) is 6.07 Å². The average Bonchev–Trinajstić information content (AvgIpc) is 3.28. The van der Waals surface area contributed by atoms with E-state index < -0.39 is 0 Å². The summed E-state index contributed by atoms with van der Waals surface area (Å²) in [5.74, 6) is 1.59. The van der Waals surface area contributed by atoms with Gasteiger partial charge in [0.05, 0.1) is 0 Å². The molecule has 1 saturated carbocycles. The minimum absolute atomic E-state index is 0.241. The van der Waals surface area contributed by atoms with Gasteiger partial charge in [-0.15, -0.1) is 0 Å². The lowest BCUT2D eigenvalue weighted by Gasteiger charge is -2.33. The van der Waals surface area contributed by atoms with E-state index in [0.717, 1.165) is 31.5 Å². The number of fused-ring (bicyclic) bond motifs is 1. The highest BCUT2D eigenvalue weighted by atomic mass is 16.1. The third kappa shape index (κ3) is 2.65. The minimum Gasteiger partial charge on any atom is -0.356 e. The normalized spacial score (nSPS) is 22.9. The molecule has 4 rings (SSSR count). The van der Waals surface area contributed by atoms with Gasteiger partial charge < -0.3 is 10.2 Å². The van der Waals surface area contributed by atoms with E-state index in [1.54, 1.807) is 6.33 Å². The van der Waals surface area contributed by atoms with Crippen LogP contribution in [0.25, 0.3) is 5.65 Å². The van der Waals surface area contributed by atoms with Crippen LogP contribution in [0, 0.1) is 5.92 Å². The molecular weight excluding hydrogens is 268 g/mol. The third-order valence-electron chi connectivity index (χ3n) is 4.41. The number of aromatic amines is 1. The minimum atomic E-state index is -0.241. The third-order valence-corrected chi connectivity index (χ3v) is 4.41. The van der Waals surface area contributed by atoms with Crippen molar-refractivity contribution in [1.82, 2.24) is 24.9 Å². The molecule has 1 atom stereocenters. The van der Waals surface area contributed by atoms with Gasteiger partial charge in [-0.05, 0) is 38.1 Å². The zero-order valence-electron chi connectivity index (χ0n) is 12.0. The lowest BCUT2D eigenvalue weighted by atomic mass is 9.98. The number of hydrogen-bond donors (Lipinski definition) is 2. The molecule has 2 aliphatic rings. The number of aromatic nitrogens is 4. The van der Waals surface area contributed by atoms with Crippen molar-refractivity contribution in [2.45, 2.75) is 31.7 Å². The van der Waals surface area contributed by atoms with Crippen LogP contribution in [0.1, 0.15) is 25.7 Å². The monoisotopic (exact) mass is 288 g/mol. The topological polar surface area (TPSA) is 78.3 Å². The molecule has 3 heterocycles. The Balaban J connectivity index is 1.48. The summed E-state index contributed by atoms with van der Waals surface area (Å²) in [5, 5.41) is 10.1. The van der Waals surface area contributed by atoms with Crippen LogP contribution >= 0.6 is 0 Å². The molecule has 1 aliphatic heterocycles. The summed E-state index contributed by atoms with van der Waals surface area (Å²) in [6.07, 6.45) is 6.70. The molecule has 21 heavy (non-hydrogen) atoms. The number of H-pyrrole nitrogens is 1. The second-order valence-electron chi connectivity index (χ2n) is 6.14. The van der Waals surface area contributed by atoms with Gasteiger partial charge in [0.1, 0.15) is 12.1 Å². The standard InChI is InChI=1S/C14H20N6O/c21-14-18-17-13-6-12(16-9-20(13)14)19-5-1-2-10(8-19)7-15-11-3-4-11/h6,9-11,15H,1-5,7-8H2,(H,18,21). The van der Waals surface area contributed by atoms with Gasteiger partial charge in [0.25, 0.3) is 0 Å². The Labute approximate surface area is 122 Å². The van der Waals surface area contributed by atoms with Crippen molar-refractivity contribution in [2.75, 3.05) is 24.5 Å². The Kier molecular flexibility index (Phi) is 3.14. The summed E-state index contributed by atoms with van der Waals surface area (Å²) in [7, 11) is 0. The van der Waals surface area contributed by atoms with Crippen LogP contribution in [0.3, 0.4) is 0 Å². The molecule has 1 saturated heterocycles. The summed E-state index contributed by atoms with van der Waals surface area (Å²) >= 11 is 0. The molecule has 1 unspecified atom stereocenters. The molecule has 0 aromatic carbocycles. The smallest absolute Gasteiger partial charge is 0.348 e. The average molecular weight is 288 g/mol. The maximum Gasteiger partial charge on any atom is 0.348 e. The first-order valence-electron chi connectivity index (χ1n) is 7.71. The first-order valence-corrected chi connectivity index (χ1v) is 7.71. The predicted octanol–water partition coefficient (Wildman–Crippen LogP) is 0.386. The Morgan fingerprint density at radius 2 is 2.29 bits per heavy atom. The van der Waals surface area contributed by atoms with Gasteiger partial charge in [-0.2, -0.15) is 5.10 Å². The highest BCUT2D eigenvalue weighted by Gasteiger charge is 2.25. The molecule has 112 valence electrons. The van der Waals surface area contributed by atoms with Crippen LogP contribution in [0.5, 0.6) is 0 Å². The molecule has 1 aliphatic carbocycles. The van der Waals surface area contributed by atoms with Crippen molar-refractivity contribution >= 4 is 11.5 Å². The Morgan fingerprint density at radius 3 is 3.14 bits per heavy atom. The molecule has 2 fully saturated rings. The Bertz CT molecular complexity index is 688. The first-order chi connectivity index (χ1) is 10.3. The molecule has 0 radical (unpaired) electrons. The van der Waals surface area contributed by atoms with E-state index >= 15 is 0 Å². The van der Waals surface area contributed by atoms with Crippen LogP contribution in [0.2, 0.25) is 0 Å². The molecule has 2 N–H and O–H groups in total. The molecule has 2 aromatic rings. The fourth-order valence-electron chi connectivity index (χ4n) is 3.03. The van der Waals surface area contributed by atoms with Crippen molar-refractivity contribution in [1.29, 1.82) is 0 Å². The molecule has 0 spiro atoms. The van der Waals surface area contributed by atoms with Gasteiger partial charge in [0, 0.05) is 25.2 Å². The maximum absolute atomic E-state index is 11.5. The fraction of sp³-hybridized carbons (Fsp3) is 0.643. The molecule has 0 amide bonds. The van der Waals surface area contributed by atoms with Gasteiger partial charge in [0.2, 0.25) is 0 Å².